The number of aryl methyl sites for hydroxylation is 3. The van der Waals surface area contributed by atoms with E-state index in [-0.39, 0.29) is 12.0 Å². The Morgan fingerprint density at radius 3 is 2.44 bits per heavy atom. The standard InChI is InChI=1S/C24H31ClO2/c1-17-13-21(14-18(2)22(17)15-26)27-16-23-20(11-12-24(23)25)10-6-9-19-7-4-3-5-8-19/h3-5,7-8,13-14,20,23-24,26H,6,9-12,15-16H2,1-2H3/t20-,23+,24?/m0/s1. The third-order valence-corrected chi connectivity index (χ3v) is 6.58. The summed E-state index contributed by atoms with van der Waals surface area (Å²) in [5.74, 6) is 1.96. The monoisotopic (exact) mass is 386 g/mol. The van der Waals surface area contributed by atoms with Crippen LogP contribution < -0.4 is 4.74 Å². The summed E-state index contributed by atoms with van der Waals surface area (Å²) in [6.45, 7) is 4.81. The summed E-state index contributed by atoms with van der Waals surface area (Å²) in [5.41, 5.74) is 4.58. The molecule has 1 fully saturated rings. The van der Waals surface area contributed by atoms with Crippen molar-refractivity contribution in [3.05, 3.63) is 64.7 Å². The van der Waals surface area contributed by atoms with Gasteiger partial charge in [0.15, 0.2) is 0 Å². The molecule has 0 saturated heterocycles. The number of aliphatic hydroxyl groups is 1. The molecular weight excluding hydrogens is 356 g/mol. The summed E-state index contributed by atoms with van der Waals surface area (Å²) in [5, 5.41) is 9.68. The molecule has 1 aliphatic rings. The van der Waals surface area contributed by atoms with Crippen LogP contribution in [0.25, 0.3) is 0 Å². The van der Waals surface area contributed by atoms with Gasteiger partial charge in [0.25, 0.3) is 0 Å². The highest BCUT2D eigenvalue weighted by Gasteiger charge is 2.35. The van der Waals surface area contributed by atoms with Crippen LogP contribution in [-0.4, -0.2) is 17.1 Å². The van der Waals surface area contributed by atoms with Crippen LogP contribution in [0.4, 0.5) is 0 Å². The second kappa shape index (κ2) is 9.61. The molecule has 146 valence electrons. The van der Waals surface area contributed by atoms with Gasteiger partial charge in [0.05, 0.1) is 13.2 Å². The summed E-state index contributed by atoms with van der Waals surface area (Å²) in [4.78, 5) is 0. The Morgan fingerprint density at radius 2 is 1.78 bits per heavy atom. The number of benzene rings is 2. The van der Waals surface area contributed by atoms with Gasteiger partial charge in [-0.15, -0.1) is 11.6 Å². The van der Waals surface area contributed by atoms with E-state index in [0.29, 0.717) is 18.4 Å². The first-order valence-electron chi connectivity index (χ1n) is 10.1. The molecule has 0 bridgehead atoms. The normalized spacial score (nSPS) is 22.1. The number of hydrogen-bond acceptors (Lipinski definition) is 2. The Labute approximate surface area is 168 Å². The molecule has 3 rings (SSSR count). The van der Waals surface area contributed by atoms with Gasteiger partial charge in [0.2, 0.25) is 0 Å². The molecule has 2 nitrogen and oxygen atoms in total. The Balaban J connectivity index is 1.54. The van der Waals surface area contributed by atoms with Crippen molar-refractivity contribution < 1.29 is 9.84 Å². The lowest BCUT2D eigenvalue weighted by atomic mass is 9.90. The van der Waals surface area contributed by atoms with Crippen molar-refractivity contribution in [1.29, 1.82) is 0 Å². The fraction of sp³-hybridized carbons (Fsp3) is 0.500. The first-order valence-corrected chi connectivity index (χ1v) is 10.5. The molecule has 0 spiro atoms. The van der Waals surface area contributed by atoms with Gasteiger partial charge in [0, 0.05) is 11.3 Å². The smallest absolute Gasteiger partial charge is 0.119 e. The lowest BCUT2D eigenvalue weighted by Gasteiger charge is -2.23. The summed E-state index contributed by atoms with van der Waals surface area (Å²) in [6, 6.07) is 14.8. The Kier molecular flexibility index (Phi) is 7.20. The molecule has 27 heavy (non-hydrogen) atoms. The minimum absolute atomic E-state index is 0.0772. The zero-order valence-electron chi connectivity index (χ0n) is 16.5. The van der Waals surface area contributed by atoms with Crippen LogP contribution in [0.15, 0.2) is 42.5 Å². The van der Waals surface area contributed by atoms with Crippen LogP contribution in [0.5, 0.6) is 5.75 Å². The topological polar surface area (TPSA) is 29.5 Å². The molecule has 0 aliphatic heterocycles. The molecule has 1 N–H and O–H groups in total. The Morgan fingerprint density at radius 1 is 1.07 bits per heavy atom. The van der Waals surface area contributed by atoms with Gasteiger partial charge in [-0.3, -0.25) is 0 Å². The van der Waals surface area contributed by atoms with Crippen molar-refractivity contribution in [3.63, 3.8) is 0 Å². The van der Waals surface area contributed by atoms with Crippen LogP contribution in [0.3, 0.4) is 0 Å². The van der Waals surface area contributed by atoms with E-state index < -0.39 is 0 Å². The maximum absolute atomic E-state index is 9.47. The number of hydrogen-bond donors (Lipinski definition) is 1. The predicted molar refractivity (Wildman–Crippen MR) is 113 cm³/mol. The highest BCUT2D eigenvalue weighted by atomic mass is 35.5. The summed E-state index contributed by atoms with van der Waals surface area (Å²) in [7, 11) is 0. The van der Waals surface area contributed by atoms with E-state index in [2.05, 4.69) is 30.3 Å². The molecule has 3 heteroatoms. The van der Waals surface area contributed by atoms with E-state index in [1.54, 1.807) is 0 Å². The molecule has 0 aromatic heterocycles. The largest absolute Gasteiger partial charge is 0.493 e. The maximum atomic E-state index is 9.47. The first-order chi connectivity index (χ1) is 13.1. The second-order valence-corrected chi connectivity index (χ2v) is 8.46. The average Bonchev–Trinajstić information content (AvgIpc) is 3.00. The van der Waals surface area contributed by atoms with E-state index >= 15 is 0 Å². The number of alkyl halides is 1. The Hall–Kier alpha value is -1.51. The van der Waals surface area contributed by atoms with Crippen molar-refractivity contribution in [1.82, 2.24) is 0 Å². The van der Waals surface area contributed by atoms with Crippen molar-refractivity contribution in [2.75, 3.05) is 6.61 Å². The van der Waals surface area contributed by atoms with Crippen molar-refractivity contribution in [2.24, 2.45) is 11.8 Å². The van der Waals surface area contributed by atoms with Gasteiger partial charge in [-0.2, -0.15) is 0 Å². The predicted octanol–water partition coefficient (Wildman–Crippen LogP) is 5.83. The van der Waals surface area contributed by atoms with Gasteiger partial charge in [0.1, 0.15) is 5.75 Å². The van der Waals surface area contributed by atoms with Gasteiger partial charge in [-0.05, 0) is 86.3 Å². The minimum Gasteiger partial charge on any atom is -0.493 e. The number of halogens is 1. The molecule has 2 aromatic carbocycles. The molecule has 0 heterocycles. The third kappa shape index (κ3) is 5.27. The molecule has 1 saturated carbocycles. The average molecular weight is 387 g/mol. The van der Waals surface area contributed by atoms with Gasteiger partial charge >= 0.3 is 0 Å². The van der Waals surface area contributed by atoms with Crippen LogP contribution >= 0.6 is 11.6 Å². The summed E-state index contributed by atoms with van der Waals surface area (Å²) >= 11 is 6.63. The first kappa shape index (κ1) is 20.2. The molecule has 1 aliphatic carbocycles. The van der Waals surface area contributed by atoms with E-state index in [1.807, 2.05) is 26.0 Å². The maximum Gasteiger partial charge on any atom is 0.119 e. The van der Waals surface area contributed by atoms with Gasteiger partial charge < -0.3 is 9.84 Å². The zero-order chi connectivity index (χ0) is 19.2. The van der Waals surface area contributed by atoms with Crippen molar-refractivity contribution in [3.8, 4) is 5.75 Å². The molecule has 1 unspecified atom stereocenters. The van der Waals surface area contributed by atoms with Gasteiger partial charge in [-0.25, -0.2) is 0 Å². The quantitative estimate of drug-likeness (QED) is 0.578. The van der Waals surface area contributed by atoms with Crippen LogP contribution in [0.1, 0.15) is 47.9 Å². The van der Waals surface area contributed by atoms with E-state index in [1.165, 1.54) is 24.8 Å². The molecule has 0 radical (unpaired) electrons. The van der Waals surface area contributed by atoms with Gasteiger partial charge in [-0.1, -0.05) is 30.3 Å². The lowest BCUT2D eigenvalue weighted by molar-refractivity contribution is 0.208. The van der Waals surface area contributed by atoms with E-state index in [0.717, 1.165) is 35.3 Å². The SMILES string of the molecule is Cc1cc(OC[C@H]2C(Cl)CC[C@@H]2CCCc2ccccc2)cc(C)c1CO. The number of aliphatic hydroxyl groups excluding tert-OH is 1. The summed E-state index contributed by atoms with van der Waals surface area (Å²) in [6.07, 6.45) is 5.86. The van der Waals surface area contributed by atoms with Crippen LogP contribution in [0.2, 0.25) is 0 Å². The minimum atomic E-state index is 0.0772. The highest BCUT2D eigenvalue weighted by Crippen LogP contribution is 2.39. The zero-order valence-corrected chi connectivity index (χ0v) is 17.2. The fourth-order valence-corrected chi connectivity index (χ4v) is 4.79. The molecular formula is C24H31ClO2. The van der Waals surface area contributed by atoms with E-state index in [4.69, 9.17) is 16.3 Å². The molecule has 3 atom stereocenters. The van der Waals surface area contributed by atoms with Crippen LogP contribution in [-0.2, 0) is 13.0 Å². The molecule has 0 amide bonds. The Bertz CT molecular complexity index is 705. The lowest BCUT2D eigenvalue weighted by Crippen LogP contribution is -2.23. The van der Waals surface area contributed by atoms with Crippen molar-refractivity contribution in [2.45, 2.75) is 57.9 Å². The van der Waals surface area contributed by atoms with Crippen LogP contribution in [0, 0.1) is 25.7 Å². The second-order valence-electron chi connectivity index (χ2n) is 7.90. The third-order valence-electron chi connectivity index (χ3n) is 6.04. The number of rotatable bonds is 8. The molecule has 2 aromatic rings. The summed E-state index contributed by atoms with van der Waals surface area (Å²) < 4.78 is 6.15. The highest BCUT2D eigenvalue weighted by molar-refractivity contribution is 6.21. The number of ether oxygens (including phenoxy) is 1. The van der Waals surface area contributed by atoms with E-state index in [9.17, 15) is 5.11 Å². The van der Waals surface area contributed by atoms with Crippen molar-refractivity contribution >= 4 is 11.6 Å². The fourth-order valence-electron chi connectivity index (χ4n) is 4.39.